The van der Waals surface area contributed by atoms with E-state index >= 15 is 0 Å². The number of nitrogens with one attached hydrogen (secondary N) is 1. The Bertz CT molecular complexity index is 496. The molecule has 19 heavy (non-hydrogen) atoms. The van der Waals surface area contributed by atoms with E-state index in [4.69, 9.17) is 22.1 Å². The number of esters is 1. The van der Waals surface area contributed by atoms with E-state index in [-0.39, 0.29) is 36.5 Å². The second-order valence-corrected chi connectivity index (χ2v) is 3.65. The first-order chi connectivity index (χ1) is 8.95. The van der Waals surface area contributed by atoms with Crippen molar-refractivity contribution in [2.45, 2.75) is 13.3 Å². The van der Waals surface area contributed by atoms with Gasteiger partial charge in [-0.25, -0.2) is 0 Å². The Kier molecular flexibility index (Phi) is 5.24. The quantitative estimate of drug-likeness (QED) is 0.343. The van der Waals surface area contributed by atoms with Crippen molar-refractivity contribution in [1.29, 1.82) is 0 Å². The molecule has 0 saturated carbocycles. The SMILES string of the molecule is CCOC(=O)CCNc1nc(Cl)nc(N)c1[N+](=O)[O-]. The van der Waals surface area contributed by atoms with E-state index in [0.29, 0.717) is 0 Å². The third-order valence-corrected chi connectivity index (χ3v) is 2.16. The van der Waals surface area contributed by atoms with Crippen molar-refractivity contribution in [3.8, 4) is 0 Å². The molecule has 1 aromatic rings. The number of hydrogen-bond donors (Lipinski definition) is 2. The van der Waals surface area contributed by atoms with Crippen LogP contribution in [0, 0.1) is 10.1 Å². The molecule has 0 fully saturated rings. The minimum atomic E-state index is -0.724. The molecule has 0 aromatic carbocycles. The third kappa shape index (κ3) is 4.21. The maximum absolute atomic E-state index is 11.1. The van der Waals surface area contributed by atoms with Gasteiger partial charge in [-0.05, 0) is 18.5 Å². The summed E-state index contributed by atoms with van der Waals surface area (Å²) in [5, 5.41) is 13.2. The topological polar surface area (TPSA) is 133 Å². The molecule has 0 unspecified atom stereocenters. The minimum Gasteiger partial charge on any atom is -0.466 e. The highest BCUT2D eigenvalue weighted by Gasteiger charge is 2.22. The van der Waals surface area contributed by atoms with Crippen LogP contribution in [0.2, 0.25) is 5.28 Å². The highest BCUT2D eigenvalue weighted by molar-refractivity contribution is 6.28. The van der Waals surface area contributed by atoms with Gasteiger partial charge < -0.3 is 15.8 Å². The van der Waals surface area contributed by atoms with Crippen molar-refractivity contribution in [3.63, 3.8) is 0 Å². The summed E-state index contributed by atoms with van der Waals surface area (Å²) in [4.78, 5) is 28.4. The number of anilines is 2. The molecule has 0 aliphatic heterocycles. The van der Waals surface area contributed by atoms with Crippen molar-refractivity contribution in [2.24, 2.45) is 0 Å². The number of nitrogens with zero attached hydrogens (tertiary/aromatic N) is 3. The number of carbonyl (C=O) groups excluding carboxylic acids is 1. The lowest BCUT2D eigenvalue weighted by atomic mass is 10.4. The van der Waals surface area contributed by atoms with Crippen LogP contribution in [0.25, 0.3) is 0 Å². The fraction of sp³-hybridized carbons (Fsp3) is 0.444. The van der Waals surface area contributed by atoms with Gasteiger partial charge in [-0.2, -0.15) is 9.97 Å². The van der Waals surface area contributed by atoms with Crippen LogP contribution in [0.4, 0.5) is 17.3 Å². The fourth-order valence-corrected chi connectivity index (χ4v) is 1.44. The highest BCUT2D eigenvalue weighted by Crippen LogP contribution is 2.28. The van der Waals surface area contributed by atoms with E-state index in [1.807, 2.05) is 0 Å². The summed E-state index contributed by atoms with van der Waals surface area (Å²) < 4.78 is 4.71. The lowest BCUT2D eigenvalue weighted by Crippen LogP contribution is -2.14. The first-order valence-electron chi connectivity index (χ1n) is 5.32. The molecular weight excluding hydrogens is 278 g/mol. The maximum Gasteiger partial charge on any atom is 0.353 e. The molecule has 0 amide bonds. The average molecular weight is 290 g/mol. The van der Waals surface area contributed by atoms with Gasteiger partial charge in [0.25, 0.3) is 0 Å². The molecule has 0 spiro atoms. The number of halogens is 1. The van der Waals surface area contributed by atoms with E-state index in [0.717, 1.165) is 0 Å². The first-order valence-corrected chi connectivity index (χ1v) is 5.70. The number of carbonyl (C=O) groups is 1. The number of nitrogens with two attached hydrogens (primary N) is 1. The Balaban J connectivity index is 2.77. The van der Waals surface area contributed by atoms with Crippen LogP contribution in [0.3, 0.4) is 0 Å². The van der Waals surface area contributed by atoms with Crippen LogP contribution in [0.1, 0.15) is 13.3 Å². The smallest absolute Gasteiger partial charge is 0.353 e. The summed E-state index contributed by atoms with van der Waals surface area (Å²) in [6.45, 7) is 2.05. The van der Waals surface area contributed by atoms with Crippen molar-refractivity contribution in [2.75, 3.05) is 24.2 Å². The number of hydrogen-bond acceptors (Lipinski definition) is 8. The number of nitro groups is 1. The summed E-state index contributed by atoms with van der Waals surface area (Å²) in [6, 6.07) is 0. The van der Waals surface area contributed by atoms with Crippen LogP contribution < -0.4 is 11.1 Å². The van der Waals surface area contributed by atoms with Crippen LogP contribution in [-0.4, -0.2) is 34.0 Å². The molecule has 10 heteroatoms. The molecule has 0 aliphatic carbocycles. The van der Waals surface area contributed by atoms with Gasteiger partial charge in [-0.3, -0.25) is 14.9 Å². The van der Waals surface area contributed by atoms with Crippen molar-refractivity contribution >= 4 is 34.9 Å². The van der Waals surface area contributed by atoms with Gasteiger partial charge in [0.2, 0.25) is 16.9 Å². The normalized spacial score (nSPS) is 10.0. The summed E-state index contributed by atoms with van der Waals surface area (Å²) in [7, 11) is 0. The van der Waals surface area contributed by atoms with Crippen molar-refractivity contribution in [1.82, 2.24) is 9.97 Å². The Morgan fingerprint density at radius 1 is 1.58 bits per heavy atom. The molecule has 0 aliphatic rings. The van der Waals surface area contributed by atoms with Gasteiger partial charge in [0.05, 0.1) is 18.0 Å². The molecule has 0 bridgehead atoms. The molecule has 0 saturated heterocycles. The molecule has 1 aromatic heterocycles. The Labute approximate surface area is 113 Å². The summed E-state index contributed by atoms with van der Waals surface area (Å²) in [6.07, 6.45) is 0.0342. The van der Waals surface area contributed by atoms with E-state index in [1.54, 1.807) is 6.92 Å². The number of rotatable bonds is 6. The molecule has 0 radical (unpaired) electrons. The zero-order chi connectivity index (χ0) is 14.4. The van der Waals surface area contributed by atoms with Crippen molar-refractivity contribution < 1.29 is 14.5 Å². The third-order valence-electron chi connectivity index (χ3n) is 1.99. The standard InChI is InChI=1S/C9H12ClN5O4/c1-2-19-5(16)3-4-12-8-6(15(17)18)7(11)13-9(10)14-8/h2-4H2,1H3,(H3,11,12,13,14). The summed E-state index contributed by atoms with van der Waals surface area (Å²) in [5.74, 6) is -0.902. The Morgan fingerprint density at radius 3 is 2.84 bits per heavy atom. The molecule has 1 rings (SSSR count). The maximum atomic E-state index is 11.1. The summed E-state index contributed by atoms with van der Waals surface area (Å²) >= 11 is 5.56. The van der Waals surface area contributed by atoms with Crippen LogP contribution in [0.15, 0.2) is 0 Å². The monoisotopic (exact) mass is 289 g/mol. The van der Waals surface area contributed by atoms with Gasteiger partial charge >= 0.3 is 11.7 Å². The summed E-state index contributed by atoms with van der Waals surface area (Å²) in [5.41, 5.74) is 4.92. The van der Waals surface area contributed by atoms with Gasteiger partial charge in [0, 0.05) is 6.54 Å². The highest BCUT2D eigenvalue weighted by atomic mass is 35.5. The van der Waals surface area contributed by atoms with Gasteiger partial charge in [0.15, 0.2) is 0 Å². The molecule has 0 atom stereocenters. The Hall–Kier alpha value is -2.16. The molecule has 1 heterocycles. The second kappa shape index (κ2) is 6.69. The van der Waals surface area contributed by atoms with E-state index in [1.165, 1.54) is 0 Å². The zero-order valence-corrected chi connectivity index (χ0v) is 10.8. The minimum absolute atomic E-state index is 0.0342. The Morgan fingerprint density at radius 2 is 2.26 bits per heavy atom. The van der Waals surface area contributed by atoms with Gasteiger partial charge in [-0.15, -0.1) is 0 Å². The predicted molar refractivity (Wildman–Crippen MR) is 67.8 cm³/mol. The number of ether oxygens (including phenoxy) is 1. The van der Waals surface area contributed by atoms with E-state index in [2.05, 4.69) is 15.3 Å². The van der Waals surface area contributed by atoms with Gasteiger partial charge in [0.1, 0.15) is 0 Å². The van der Waals surface area contributed by atoms with Crippen LogP contribution in [0.5, 0.6) is 0 Å². The predicted octanol–water partition coefficient (Wildman–Crippen LogP) is 0.985. The molecule has 104 valence electrons. The number of nitrogen functional groups attached to an aromatic ring is 1. The second-order valence-electron chi connectivity index (χ2n) is 3.31. The number of aromatic nitrogens is 2. The largest absolute Gasteiger partial charge is 0.466 e. The molecule has 3 N–H and O–H groups in total. The zero-order valence-electron chi connectivity index (χ0n) is 10.1. The van der Waals surface area contributed by atoms with E-state index < -0.39 is 16.6 Å². The molecular formula is C9H12ClN5O4. The molecule has 9 nitrogen and oxygen atoms in total. The van der Waals surface area contributed by atoms with Gasteiger partial charge in [-0.1, -0.05) is 0 Å². The average Bonchev–Trinajstić information content (AvgIpc) is 2.27. The van der Waals surface area contributed by atoms with E-state index in [9.17, 15) is 14.9 Å². The first kappa shape index (κ1) is 14.9. The lowest BCUT2D eigenvalue weighted by molar-refractivity contribution is -0.383. The van der Waals surface area contributed by atoms with Crippen LogP contribution in [-0.2, 0) is 9.53 Å². The lowest BCUT2D eigenvalue weighted by Gasteiger charge is -2.07. The van der Waals surface area contributed by atoms with Crippen LogP contribution >= 0.6 is 11.6 Å². The fourth-order valence-electron chi connectivity index (χ4n) is 1.26. The van der Waals surface area contributed by atoms with Crippen molar-refractivity contribution in [3.05, 3.63) is 15.4 Å².